The summed E-state index contributed by atoms with van der Waals surface area (Å²) >= 11 is 1.72. The van der Waals surface area contributed by atoms with Crippen LogP contribution in [0.3, 0.4) is 0 Å². The SMILES string of the molecule is O=P(CC1C=CC=CC1)(c1ccccc1)c1ccc2sc3ccc(P(=O)(c4ccccc4)c4ccccc4)cc3c2c1. The van der Waals surface area contributed by atoms with E-state index in [1.165, 1.54) is 0 Å². The molecular formula is C37H30O2P2S. The van der Waals surface area contributed by atoms with Crippen molar-refractivity contribution in [3.63, 3.8) is 0 Å². The second-order valence-electron chi connectivity index (χ2n) is 10.8. The quantitative estimate of drug-likeness (QED) is 0.173. The molecule has 1 aliphatic carbocycles. The van der Waals surface area contributed by atoms with E-state index in [0.717, 1.165) is 53.1 Å². The zero-order valence-electron chi connectivity index (χ0n) is 23.0. The Morgan fingerprint density at radius 1 is 0.571 bits per heavy atom. The van der Waals surface area contributed by atoms with Crippen molar-refractivity contribution in [1.29, 1.82) is 0 Å². The molecule has 1 aliphatic rings. The molecule has 206 valence electrons. The second kappa shape index (κ2) is 11.2. The van der Waals surface area contributed by atoms with Crippen molar-refractivity contribution in [2.45, 2.75) is 6.42 Å². The Hall–Kier alpha value is -3.74. The molecule has 0 radical (unpaired) electrons. The molecule has 1 heterocycles. The Morgan fingerprint density at radius 3 is 1.64 bits per heavy atom. The normalized spacial score (nSPS) is 16.5. The van der Waals surface area contributed by atoms with Crippen LogP contribution in [0.4, 0.5) is 0 Å². The van der Waals surface area contributed by atoms with E-state index in [9.17, 15) is 0 Å². The highest BCUT2D eigenvalue weighted by atomic mass is 32.1. The molecule has 5 heteroatoms. The summed E-state index contributed by atoms with van der Waals surface area (Å²) in [5.41, 5.74) is 0. The Bertz CT molecular complexity index is 2000. The van der Waals surface area contributed by atoms with Crippen molar-refractivity contribution < 1.29 is 9.13 Å². The van der Waals surface area contributed by atoms with Crippen LogP contribution in [0, 0.1) is 5.92 Å². The fourth-order valence-electron chi connectivity index (χ4n) is 6.02. The van der Waals surface area contributed by atoms with Gasteiger partial charge in [-0.05, 0) is 48.7 Å². The van der Waals surface area contributed by atoms with Gasteiger partial charge in [0, 0.05) is 52.9 Å². The molecule has 0 N–H and O–H groups in total. The first-order chi connectivity index (χ1) is 20.6. The molecule has 2 nitrogen and oxygen atoms in total. The number of hydrogen-bond acceptors (Lipinski definition) is 3. The molecule has 5 aromatic carbocycles. The predicted molar refractivity (Wildman–Crippen MR) is 183 cm³/mol. The van der Waals surface area contributed by atoms with Gasteiger partial charge in [0.2, 0.25) is 0 Å². The minimum absolute atomic E-state index is 0.227. The van der Waals surface area contributed by atoms with Crippen molar-refractivity contribution in [2.24, 2.45) is 5.92 Å². The van der Waals surface area contributed by atoms with Crippen molar-refractivity contribution in [3.05, 3.63) is 152 Å². The second-order valence-corrected chi connectivity index (χ2v) is 17.5. The van der Waals surface area contributed by atoms with E-state index in [-0.39, 0.29) is 5.92 Å². The summed E-state index contributed by atoms with van der Waals surface area (Å²) in [6, 6.07) is 42.1. The molecule has 0 fully saturated rings. The van der Waals surface area contributed by atoms with Crippen molar-refractivity contribution in [1.82, 2.24) is 0 Å². The lowest BCUT2D eigenvalue weighted by atomic mass is 10.0. The first-order valence-electron chi connectivity index (χ1n) is 14.2. The van der Waals surface area contributed by atoms with Gasteiger partial charge in [-0.3, -0.25) is 0 Å². The van der Waals surface area contributed by atoms with E-state index in [0.29, 0.717) is 6.16 Å². The van der Waals surface area contributed by atoms with E-state index >= 15 is 9.13 Å². The van der Waals surface area contributed by atoms with Crippen LogP contribution in [-0.2, 0) is 9.13 Å². The van der Waals surface area contributed by atoms with Gasteiger partial charge in [-0.1, -0.05) is 115 Å². The maximum Gasteiger partial charge on any atom is 0.171 e. The van der Waals surface area contributed by atoms with Crippen LogP contribution >= 0.6 is 25.6 Å². The number of thiophene rings is 1. The van der Waals surface area contributed by atoms with Gasteiger partial charge < -0.3 is 9.13 Å². The zero-order valence-corrected chi connectivity index (χ0v) is 25.6. The third-order valence-electron chi connectivity index (χ3n) is 8.19. The lowest BCUT2D eigenvalue weighted by Gasteiger charge is -2.24. The molecule has 2 unspecified atom stereocenters. The molecule has 1 aromatic heterocycles. The molecule has 0 saturated carbocycles. The Kier molecular flexibility index (Phi) is 7.20. The molecule has 7 rings (SSSR count). The maximum absolute atomic E-state index is 15.1. The van der Waals surface area contributed by atoms with Crippen molar-refractivity contribution in [2.75, 3.05) is 6.16 Å². The monoisotopic (exact) mass is 600 g/mol. The average Bonchev–Trinajstić information content (AvgIpc) is 3.43. The van der Waals surface area contributed by atoms with Crippen LogP contribution in [0.2, 0.25) is 0 Å². The van der Waals surface area contributed by atoms with E-state index in [1.807, 2.05) is 97.1 Å². The third-order valence-corrected chi connectivity index (χ3v) is 15.6. The number of rotatable bonds is 7. The summed E-state index contributed by atoms with van der Waals surface area (Å²) < 4.78 is 32.5. The van der Waals surface area contributed by atoms with Gasteiger partial charge in [0.15, 0.2) is 7.14 Å². The van der Waals surface area contributed by atoms with Gasteiger partial charge in [-0.15, -0.1) is 11.3 Å². The van der Waals surface area contributed by atoms with E-state index in [4.69, 9.17) is 0 Å². The highest BCUT2D eigenvalue weighted by Gasteiger charge is 2.32. The van der Waals surface area contributed by atoms with Gasteiger partial charge >= 0.3 is 0 Å². The van der Waals surface area contributed by atoms with Gasteiger partial charge in [-0.25, -0.2) is 0 Å². The molecule has 0 spiro atoms. The van der Waals surface area contributed by atoms with Crippen LogP contribution in [0.5, 0.6) is 0 Å². The Balaban J connectivity index is 1.41. The molecule has 0 amide bonds. The van der Waals surface area contributed by atoms with Gasteiger partial charge in [-0.2, -0.15) is 0 Å². The smallest absolute Gasteiger partial charge is 0.171 e. The van der Waals surface area contributed by atoms with Crippen LogP contribution in [0.1, 0.15) is 6.42 Å². The van der Waals surface area contributed by atoms with E-state index in [2.05, 4.69) is 54.6 Å². The molecule has 0 saturated heterocycles. The molecular weight excluding hydrogens is 570 g/mol. The Labute approximate surface area is 250 Å². The van der Waals surface area contributed by atoms with Crippen LogP contribution in [0.15, 0.2) is 152 Å². The first kappa shape index (κ1) is 27.1. The Morgan fingerprint density at radius 2 is 1.10 bits per heavy atom. The lowest BCUT2D eigenvalue weighted by Crippen LogP contribution is -2.24. The van der Waals surface area contributed by atoms with E-state index in [1.54, 1.807) is 11.3 Å². The lowest BCUT2D eigenvalue weighted by molar-refractivity contribution is 0.579. The summed E-state index contributed by atoms with van der Waals surface area (Å²) in [5.74, 6) is 0.227. The topological polar surface area (TPSA) is 34.1 Å². The number of fused-ring (bicyclic) bond motifs is 3. The highest BCUT2D eigenvalue weighted by Crippen LogP contribution is 2.48. The largest absolute Gasteiger partial charge is 0.314 e. The fourth-order valence-corrected chi connectivity index (χ4v) is 12.7. The average molecular weight is 601 g/mol. The molecule has 6 aromatic rings. The van der Waals surface area contributed by atoms with Crippen LogP contribution in [0.25, 0.3) is 20.2 Å². The predicted octanol–water partition coefficient (Wildman–Crippen LogP) is 8.14. The minimum Gasteiger partial charge on any atom is -0.314 e. The van der Waals surface area contributed by atoms with Gasteiger partial charge in [0.05, 0.1) is 0 Å². The van der Waals surface area contributed by atoms with E-state index < -0.39 is 14.3 Å². The van der Waals surface area contributed by atoms with Crippen LogP contribution < -0.4 is 26.5 Å². The number of benzene rings is 5. The standard InChI is InChI=1S/C37H30O2P2S/c38-40(29-15-7-2-8-16-29,27-28-13-5-1-6-14-28)32-21-23-36-34(25-32)35-26-33(22-24-37(35)42-36)41(39,30-17-9-3-10-18-30)31-19-11-4-12-20-31/h1-13,15-26,28H,14,27H2. The summed E-state index contributed by atoms with van der Waals surface area (Å²) in [4.78, 5) is 0. The van der Waals surface area contributed by atoms with Crippen molar-refractivity contribution >= 4 is 72.3 Å². The molecule has 2 atom stereocenters. The summed E-state index contributed by atoms with van der Waals surface area (Å²) in [7, 11) is -6.04. The van der Waals surface area contributed by atoms with Crippen molar-refractivity contribution in [3.8, 4) is 0 Å². The molecule has 42 heavy (non-hydrogen) atoms. The third kappa shape index (κ3) is 4.77. The maximum atomic E-state index is 15.1. The first-order valence-corrected chi connectivity index (χ1v) is 18.6. The molecule has 0 bridgehead atoms. The number of hydrogen-bond donors (Lipinski definition) is 0. The molecule has 0 aliphatic heterocycles. The highest BCUT2D eigenvalue weighted by molar-refractivity contribution is 7.85. The summed E-state index contributed by atoms with van der Waals surface area (Å²) in [6.07, 6.45) is 9.97. The summed E-state index contributed by atoms with van der Waals surface area (Å²) in [6.45, 7) is 0. The number of allylic oxidation sites excluding steroid dienone is 4. The minimum atomic E-state index is -3.12. The van der Waals surface area contributed by atoms with Gasteiger partial charge in [0.25, 0.3) is 0 Å². The fraction of sp³-hybridized carbons (Fsp3) is 0.0811. The van der Waals surface area contributed by atoms with Crippen LogP contribution in [-0.4, -0.2) is 6.16 Å². The van der Waals surface area contributed by atoms with Gasteiger partial charge in [0.1, 0.15) is 7.14 Å². The summed E-state index contributed by atoms with van der Waals surface area (Å²) in [5, 5.41) is 6.34. The zero-order chi connectivity index (χ0) is 28.6.